The first-order valence-electron chi connectivity index (χ1n) is 6.81. The SMILES string of the molecule is CCC1COCCN1CCC(=O)c1cccc(Cl)c1. The van der Waals surface area contributed by atoms with Crippen LogP contribution in [-0.2, 0) is 4.74 Å². The predicted octanol–water partition coefficient (Wildman–Crippen LogP) is 3.02. The van der Waals surface area contributed by atoms with Crippen LogP contribution in [-0.4, -0.2) is 43.0 Å². The first-order chi connectivity index (χ1) is 9.20. The summed E-state index contributed by atoms with van der Waals surface area (Å²) in [5.41, 5.74) is 0.703. The summed E-state index contributed by atoms with van der Waals surface area (Å²) in [7, 11) is 0. The second kappa shape index (κ2) is 7.04. The molecule has 104 valence electrons. The number of hydrogen-bond donors (Lipinski definition) is 0. The van der Waals surface area contributed by atoms with Gasteiger partial charge in [0, 0.05) is 36.1 Å². The van der Waals surface area contributed by atoms with Gasteiger partial charge in [-0.1, -0.05) is 30.7 Å². The van der Waals surface area contributed by atoms with Crippen LogP contribution in [0.2, 0.25) is 5.02 Å². The van der Waals surface area contributed by atoms with Crippen LogP contribution in [0.25, 0.3) is 0 Å². The van der Waals surface area contributed by atoms with Crippen molar-refractivity contribution in [1.82, 2.24) is 4.90 Å². The van der Waals surface area contributed by atoms with E-state index in [1.54, 1.807) is 12.1 Å². The van der Waals surface area contributed by atoms with Gasteiger partial charge in [0.2, 0.25) is 0 Å². The van der Waals surface area contributed by atoms with Gasteiger partial charge in [-0.05, 0) is 18.6 Å². The normalized spacial score (nSPS) is 20.4. The van der Waals surface area contributed by atoms with Gasteiger partial charge in [-0.15, -0.1) is 0 Å². The summed E-state index contributed by atoms with van der Waals surface area (Å²) in [5.74, 6) is 0.156. The lowest BCUT2D eigenvalue weighted by atomic mass is 10.1. The Hall–Kier alpha value is -0.900. The number of ether oxygens (including phenoxy) is 1. The summed E-state index contributed by atoms with van der Waals surface area (Å²) in [6.07, 6.45) is 1.60. The Kier molecular flexibility index (Phi) is 5.37. The van der Waals surface area contributed by atoms with Crippen LogP contribution in [0.1, 0.15) is 30.1 Å². The standard InChI is InChI=1S/C15H20ClNO2/c1-2-14-11-19-9-8-17(14)7-6-15(18)12-4-3-5-13(16)10-12/h3-5,10,14H,2,6-9,11H2,1H3. The number of carbonyl (C=O) groups is 1. The predicted molar refractivity (Wildman–Crippen MR) is 76.9 cm³/mol. The summed E-state index contributed by atoms with van der Waals surface area (Å²) in [6.45, 7) is 5.42. The maximum atomic E-state index is 12.1. The van der Waals surface area contributed by atoms with E-state index in [1.807, 2.05) is 12.1 Å². The van der Waals surface area contributed by atoms with Gasteiger partial charge in [0.25, 0.3) is 0 Å². The molecule has 0 radical (unpaired) electrons. The minimum atomic E-state index is 0.156. The molecule has 0 aromatic heterocycles. The van der Waals surface area contributed by atoms with Crippen molar-refractivity contribution in [2.24, 2.45) is 0 Å². The summed E-state index contributed by atoms with van der Waals surface area (Å²) in [6, 6.07) is 7.61. The molecule has 0 spiro atoms. The number of morpholine rings is 1. The Balaban J connectivity index is 1.89. The molecule has 1 aliphatic rings. The van der Waals surface area contributed by atoms with Crippen molar-refractivity contribution in [2.75, 3.05) is 26.3 Å². The molecule has 0 N–H and O–H groups in total. The van der Waals surface area contributed by atoms with E-state index in [0.717, 1.165) is 32.7 Å². The molecule has 1 atom stereocenters. The Bertz CT molecular complexity index is 436. The fourth-order valence-corrected chi connectivity index (χ4v) is 2.60. The van der Waals surface area contributed by atoms with Crippen LogP contribution in [0.3, 0.4) is 0 Å². The second-order valence-corrected chi connectivity index (χ2v) is 5.29. The number of benzene rings is 1. The maximum absolute atomic E-state index is 12.1. The lowest BCUT2D eigenvalue weighted by molar-refractivity contribution is -0.00839. The Morgan fingerprint density at radius 1 is 1.53 bits per heavy atom. The fraction of sp³-hybridized carbons (Fsp3) is 0.533. The molecule has 1 aliphatic heterocycles. The van der Waals surface area contributed by atoms with Gasteiger partial charge in [-0.25, -0.2) is 0 Å². The quantitative estimate of drug-likeness (QED) is 0.777. The van der Waals surface area contributed by atoms with Gasteiger partial charge >= 0.3 is 0 Å². The van der Waals surface area contributed by atoms with E-state index < -0.39 is 0 Å². The van der Waals surface area contributed by atoms with Crippen LogP contribution >= 0.6 is 11.6 Å². The zero-order valence-electron chi connectivity index (χ0n) is 11.3. The van der Waals surface area contributed by atoms with E-state index >= 15 is 0 Å². The third-order valence-corrected chi connectivity index (χ3v) is 3.83. The molecular weight excluding hydrogens is 262 g/mol. The zero-order chi connectivity index (χ0) is 13.7. The monoisotopic (exact) mass is 281 g/mol. The van der Waals surface area contributed by atoms with Gasteiger partial charge in [0.05, 0.1) is 13.2 Å². The molecule has 1 heterocycles. The molecule has 0 aliphatic carbocycles. The average Bonchev–Trinajstić information content (AvgIpc) is 2.45. The Morgan fingerprint density at radius 3 is 3.11 bits per heavy atom. The average molecular weight is 282 g/mol. The number of halogens is 1. The van der Waals surface area contributed by atoms with Crippen molar-refractivity contribution in [1.29, 1.82) is 0 Å². The Labute approximate surface area is 119 Å². The highest BCUT2D eigenvalue weighted by Crippen LogP contribution is 2.14. The highest BCUT2D eigenvalue weighted by Gasteiger charge is 2.21. The number of carbonyl (C=O) groups excluding carboxylic acids is 1. The van der Waals surface area contributed by atoms with Crippen molar-refractivity contribution in [3.63, 3.8) is 0 Å². The highest BCUT2D eigenvalue weighted by atomic mass is 35.5. The molecule has 1 fully saturated rings. The van der Waals surface area contributed by atoms with Gasteiger partial charge in [-0.3, -0.25) is 9.69 Å². The van der Waals surface area contributed by atoms with Gasteiger partial charge in [0.1, 0.15) is 0 Å². The van der Waals surface area contributed by atoms with Crippen LogP contribution in [0.5, 0.6) is 0 Å². The minimum absolute atomic E-state index is 0.156. The molecular formula is C15H20ClNO2. The number of rotatable bonds is 5. The molecule has 4 heteroatoms. The summed E-state index contributed by atoms with van der Waals surface area (Å²) in [4.78, 5) is 14.5. The summed E-state index contributed by atoms with van der Waals surface area (Å²) >= 11 is 5.90. The van der Waals surface area contributed by atoms with Crippen molar-refractivity contribution < 1.29 is 9.53 Å². The van der Waals surface area contributed by atoms with Crippen molar-refractivity contribution in [2.45, 2.75) is 25.8 Å². The molecule has 2 rings (SSSR count). The molecule has 19 heavy (non-hydrogen) atoms. The van der Waals surface area contributed by atoms with E-state index in [9.17, 15) is 4.79 Å². The van der Waals surface area contributed by atoms with Crippen LogP contribution < -0.4 is 0 Å². The summed E-state index contributed by atoms with van der Waals surface area (Å²) in [5, 5.41) is 0.614. The van der Waals surface area contributed by atoms with Gasteiger partial charge < -0.3 is 4.74 Å². The maximum Gasteiger partial charge on any atom is 0.164 e. The molecule has 3 nitrogen and oxygen atoms in total. The first-order valence-corrected chi connectivity index (χ1v) is 7.19. The molecule has 1 aromatic rings. The lowest BCUT2D eigenvalue weighted by Gasteiger charge is -2.34. The topological polar surface area (TPSA) is 29.5 Å². The molecule has 1 unspecified atom stereocenters. The van der Waals surface area contributed by atoms with E-state index in [-0.39, 0.29) is 5.78 Å². The number of ketones is 1. The van der Waals surface area contributed by atoms with E-state index in [2.05, 4.69) is 11.8 Å². The first kappa shape index (κ1) is 14.5. The van der Waals surface area contributed by atoms with Crippen molar-refractivity contribution in [3.8, 4) is 0 Å². The second-order valence-electron chi connectivity index (χ2n) is 4.86. The lowest BCUT2D eigenvalue weighted by Crippen LogP contribution is -2.45. The molecule has 1 aromatic carbocycles. The van der Waals surface area contributed by atoms with E-state index in [0.29, 0.717) is 23.0 Å². The Morgan fingerprint density at radius 2 is 2.37 bits per heavy atom. The molecule has 0 bridgehead atoms. The van der Waals surface area contributed by atoms with E-state index in [1.165, 1.54) is 0 Å². The molecule has 0 amide bonds. The zero-order valence-corrected chi connectivity index (χ0v) is 12.0. The van der Waals surface area contributed by atoms with Gasteiger partial charge in [-0.2, -0.15) is 0 Å². The number of hydrogen-bond acceptors (Lipinski definition) is 3. The molecule has 1 saturated heterocycles. The molecule has 0 saturated carbocycles. The van der Waals surface area contributed by atoms with Crippen LogP contribution in [0.15, 0.2) is 24.3 Å². The smallest absolute Gasteiger partial charge is 0.164 e. The number of nitrogens with zero attached hydrogens (tertiary/aromatic N) is 1. The van der Waals surface area contributed by atoms with Crippen LogP contribution in [0.4, 0.5) is 0 Å². The van der Waals surface area contributed by atoms with Crippen molar-refractivity contribution in [3.05, 3.63) is 34.9 Å². The van der Waals surface area contributed by atoms with Crippen molar-refractivity contribution >= 4 is 17.4 Å². The largest absolute Gasteiger partial charge is 0.378 e. The van der Waals surface area contributed by atoms with Gasteiger partial charge in [0.15, 0.2) is 5.78 Å². The third-order valence-electron chi connectivity index (χ3n) is 3.59. The third kappa shape index (κ3) is 4.03. The van der Waals surface area contributed by atoms with E-state index in [4.69, 9.17) is 16.3 Å². The fourth-order valence-electron chi connectivity index (χ4n) is 2.41. The van der Waals surface area contributed by atoms with Crippen LogP contribution in [0, 0.1) is 0 Å². The number of Topliss-reactive ketones (excluding diaryl/α,β-unsaturated/α-hetero) is 1. The summed E-state index contributed by atoms with van der Waals surface area (Å²) < 4.78 is 5.47. The highest BCUT2D eigenvalue weighted by molar-refractivity contribution is 6.31. The minimum Gasteiger partial charge on any atom is -0.378 e.